The van der Waals surface area contributed by atoms with E-state index >= 15 is 0 Å². The van der Waals surface area contributed by atoms with Gasteiger partial charge < -0.3 is 5.32 Å². The average molecular weight is 289 g/mol. The Morgan fingerprint density at radius 2 is 2.18 bits per heavy atom. The van der Waals surface area contributed by atoms with Crippen molar-refractivity contribution >= 4 is 22.4 Å². The summed E-state index contributed by atoms with van der Waals surface area (Å²) >= 11 is 0. The molecule has 0 spiro atoms. The predicted octanol–water partition coefficient (Wildman–Crippen LogP) is 1.08. The second-order valence-electron chi connectivity index (χ2n) is 4.26. The summed E-state index contributed by atoms with van der Waals surface area (Å²) in [7, 11) is -3.25. The molecule has 1 heterocycles. The molecule has 0 aromatic carbocycles. The summed E-state index contributed by atoms with van der Waals surface area (Å²) in [5.41, 5.74) is 0. The Morgan fingerprint density at radius 1 is 1.41 bits per heavy atom. The quantitative estimate of drug-likeness (QED) is 0.737. The fourth-order valence-electron chi connectivity index (χ4n) is 1.91. The molecule has 0 aromatic rings. The number of halogens is 2. The second kappa shape index (κ2) is 9.08. The zero-order valence-electron chi connectivity index (χ0n) is 9.95. The van der Waals surface area contributed by atoms with Crippen LogP contribution in [0, 0.1) is 5.92 Å². The highest BCUT2D eigenvalue weighted by Crippen LogP contribution is 2.13. The van der Waals surface area contributed by atoms with Crippen LogP contribution in [0.5, 0.6) is 0 Å². The van der Waals surface area contributed by atoms with E-state index in [-0.39, 0.29) is 24.6 Å². The van der Waals surface area contributed by atoms with Gasteiger partial charge in [-0.1, -0.05) is 0 Å². The van der Waals surface area contributed by atoms with E-state index in [1.165, 1.54) is 12.8 Å². The molecule has 0 saturated carbocycles. The number of nitrogens with one attached hydrogen (secondary N) is 2. The summed E-state index contributed by atoms with van der Waals surface area (Å²) in [5.74, 6) is 0.463. The molecule has 1 fully saturated rings. The third-order valence-corrected chi connectivity index (χ3v) is 4.29. The summed E-state index contributed by atoms with van der Waals surface area (Å²) in [6, 6.07) is 0. The maximum absolute atomic E-state index is 11.8. The number of hydrogen-bond donors (Lipinski definition) is 2. The monoisotopic (exact) mass is 288 g/mol. The largest absolute Gasteiger partial charge is 0.316 e. The first-order chi connectivity index (χ1) is 7.64. The molecule has 0 aromatic heterocycles. The Kier molecular flexibility index (Phi) is 9.13. The molecule has 17 heavy (non-hydrogen) atoms. The van der Waals surface area contributed by atoms with Gasteiger partial charge in [0, 0.05) is 6.54 Å². The summed E-state index contributed by atoms with van der Waals surface area (Å²) in [5, 5.41) is 3.29. The zero-order valence-corrected chi connectivity index (χ0v) is 11.6. The van der Waals surface area contributed by atoms with Crippen LogP contribution in [-0.4, -0.2) is 40.5 Å². The lowest BCUT2D eigenvalue weighted by atomic mass is 9.96. The van der Waals surface area contributed by atoms with Gasteiger partial charge in [0.15, 0.2) is 0 Å². The van der Waals surface area contributed by atoms with Crippen LogP contribution in [0.3, 0.4) is 0 Å². The van der Waals surface area contributed by atoms with Crippen molar-refractivity contribution in [1.82, 2.24) is 10.0 Å². The smallest absolute Gasteiger partial charge is 0.211 e. The number of sulfonamides is 1. The maximum atomic E-state index is 11.8. The molecule has 2 N–H and O–H groups in total. The van der Waals surface area contributed by atoms with Crippen molar-refractivity contribution in [3.8, 4) is 0 Å². The van der Waals surface area contributed by atoms with Crippen molar-refractivity contribution in [2.24, 2.45) is 5.92 Å². The highest BCUT2D eigenvalue weighted by Gasteiger charge is 2.14. The highest BCUT2D eigenvalue weighted by molar-refractivity contribution is 7.89. The van der Waals surface area contributed by atoms with E-state index in [9.17, 15) is 12.8 Å². The molecular weight excluding hydrogens is 267 g/mol. The molecule has 0 amide bonds. The lowest BCUT2D eigenvalue weighted by Gasteiger charge is -2.22. The van der Waals surface area contributed by atoms with E-state index in [2.05, 4.69) is 10.0 Å². The highest BCUT2D eigenvalue weighted by atomic mass is 35.5. The van der Waals surface area contributed by atoms with Crippen LogP contribution >= 0.6 is 12.4 Å². The Balaban J connectivity index is 0.00000256. The summed E-state index contributed by atoms with van der Waals surface area (Å²) < 4.78 is 37.0. The van der Waals surface area contributed by atoms with E-state index in [0.717, 1.165) is 19.5 Å². The summed E-state index contributed by atoms with van der Waals surface area (Å²) in [6.07, 6.45) is 3.28. The van der Waals surface area contributed by atoms with Crippen molar-refractivity contribution in [1.29, 1.82) is 0 Å². The molecule has 4 nitrogen and oxygen atoms in total. The molecule has 0 radical (unpaired) electrons. The standard InChI is InChI=1S/C10H21FN2O2S.ClH/c11-5-2-8-16(14,15)13-7-4-10-3-1-6-12-9-10;/h10,12-13H,1-9H2;1H. The predicted molar refractivity (Wildman–Crippen MR) is 69.8 cm³/mol. The summed E-state index contributed by atoms with van der Waals surface area (Å²) in [6.45, 7) is 1.94. The molecule has 1 aliphatic rings. The van der Waals surface area contributed by atoms with Crippen LogP contribution in [0.25, 0.3) is 0 Å². The molecule has 0 bridgehead atoms. The molecule has 1 saturated heterocycles. The van der Waals surface area contributed by atoms with Gasteiger partial charge in [0.05, 0.1) is 12.4 Å². The number of hydrogen-bond acceptors (Lipinski definition) is 3. The molecular formula is C10H22ClFN2O2S. The number of rotatable bonds is 7. The van der Waals surface area contributed by atoms with Crippen LogP contribution in [0.15, 0.2) is 0 Å². The zero-order chi connectivity index (χ0) is 11.9. The molecule has 1 atom stereocenters. The van der Waals surface area contributed by atoms with Gasteiger partial charge in [-0.3, -0.25) is 4.39 Å². The molecule has 104 valence electrons. The van der Waals surface area contributed by atoms with E-state index < -0.39 is 16.7 Å². The van der Waals surface area contributed by atoms with Crippen molar-refractivity contribution in [3.63, 3.8) is 0 Å². The summed E-state index contributed by atoms with van der Waals surface area (Å²) in [4.78, 5) is 0. The van der Waals surface area contributed by atoms with Gasteiger partial charge in [-0.25, -0.2) is 13.1 Å². The first-order valence-electron chi connectivity index (χ1n) is 5.88. The Hall–Kier alpha value is 0.0900. The third kappa shape index (κ3) is 7.91. The SMILES string of the molecule is Cl.O=S(=O)(CCCF)NCCC1CCCNC1. The molecule has 1 rings (SSSR count). The minimum absolute atomic E-state index is 0. The topological polar surface area (TPSA) is 58.2 Å². The van der Waals surface area contributed by atoms with Gasteiger partial charge >= 0.3 is 0 Å². The van der Waals surface area contributed by atoms with Crippen molar-refractivity contribution in [2.75, 3.05) is 32.1 Å². The molecule has 1 unspecified atom stereocenters. The maximum Gasteiger partial charge on any atom is 0.211 e. The van der Waals surface area contributed by atoms with E-state index in [4.69, 9.17) is 0 Å². The van der Waals surface area contributed by atoms with Crippen LogP contribution in [0.4, 0.5) is 4.39 Å². The van der Waals surface area contributed by atoms with Crippen LogP contribution in [0.2, 0.25) is 0 Å². The van der Waals surface area contributed by atoms with Crippen LogP contribution in [0.1, 0.15) is 25.7 Å². The molecule has 7 heteroatoms. The van der Waals surface area contributed by atoms with Gasteiger partial charge in [-0.2, -0.15) is 0 Å². The van der Waals surface area contributed by atoms with Gasteiger partial charge in [-0.15, -0.1) is 12.4 Å². The number of alkyl halides is 1. The second-order valence-corrected chi connectivity index (χ2v) is 6.18. The van der Waals surface area contributed by atoms with E-state index in [1.54, 1.807) is 0 Å². The van der Waals surface area contributed by atoms with Gasteiger partial charge in [0.1, 0.15) is 0 Å². The average Bonchev–Trinajstić information content (AvgIpc) is 2.28. The lowest BCUT2D eigenvalue weighted by Crippen LogP contribution is -2.33. The van der Waals surface area contributed by atoms with Crippen molar-refractivity contribution in [3.05, 3.63) is 0 Å². The Labute approximate surface area is 109 Å². The fraction of sp³-hybridized carbons (Fsp3) is 1.00. The van der Waals surface area contributed by atoms with Gasteiger partial charge in [0.2, 0.25) is 10.0 Å². The normalized spacial score (nSPS) is 20.9. The first-order valence-corrected chi connectivity index (χ1v) is 7.53. The third-order valence-electron chi connectivity index (χ3n) is 2.82. The van der Waals surface area contributed by atoms with Gasteiger partial charge in [0.25, 0.3) is 0 Å². The molecule has 0 aliphatic carbocycles. The van der Waals surface area contributed by atoms with Crippen LogP contribution in [-0.2, 0) is 10.0 Å². The number of piperidine rings is 1. The first kappa shape index (κ1) is 17.1. The minimum Gasteiger partial charge on any atom is -0.316 e. The Morgan fingerprint density at radius 3 is 2.76 bits per heavy atom. The van der Waals surface area contributed by atoms with Crippen molar-refractivity contribution < 1.29 is 12.8 Å². The van der Waals surface area contributed by atoms with Crippen LogP contribution < -0.4 is 10.0 Å². The molecule has 1 aliphatic heterocycles. The van der Waals surface area contributed by atoms with E-state index in [0.29, 0.717) is 12.5 Å². The van der Waals surface area contributed by atoms with Crippen molar-refractivity contribution in [2.45, 2.75) is 25.7 Å². The lowest BCUT2D eigenvalue weighted by molar-refractivity contribution is 0.358. The fourth-order valence-corrected chi connectivity index (χ4v) is 2.97. The van der Waals surface area contributed by atoms with Gasteiger partial charge in [-0.05, 0) is 44.7 Å². The van der Waals surface area contributed by atoms with E-state index in [1.807, 2.05) is 0 Å². The Bertz CT molecular complexity index is 282. The minimum atomic E-state index is -3.25.